The van der Waals surface area contributed by atoms with E-state index in [1.165, 1.54) is 12.0 Å². The Bertz CT molecular complexity index is 302. The summed E-state index contributed by atoms with van der Waals surface area (Å²) in [6.45, 7) is 1.10. The normalized spacial score (nSPS) is 25.6. The molecule has 0 aromatic heterocycles. The van der Waals surface area contributed by atoms with Gasteiger partial charge in [-0.05, 0) is 37.7 Å². The summed E-state index contributed by atoms with van der Waals surface area (Å²) in [4.78, 5) is 0. The van der Waals surface area contributed by atoms with E-state index in [9.17, 15) is 0 Å². The van der Waals surface area contributed by atoms with Crippen LogP contribution in [-0.2, 0) is 10.3 Å². The quantitative estimate of drug-likeness (QED) is 0.845. The summed E-state index contributed by atoms with van der Waals surface area (Å²) in [6, 6.07) is 10.4. The van der Waals surface area contributed by atoms with Crippen molar-refractivity contribution >= 4 is 0 Å². The number of rotatable bonds is 4. The largest absolute Gasteiger partial charge is 0.396 e. The molecule has 0 spiro atoms. The fourth-order valence-corrected chi connectivity index (χ4v) is 2.53. The number of ether oxygens (including phenoxy) is 1. The minimum absolute atomic E-state index is 0.137. The van der Waals surface area contributed by atoms with Gasteiger partial charge < -0.3 is 9.84 Å². The standard InChI is InChI=1S/C14H20O2/c15-11-6-10-14(9-4-5-12-16-14)13-7-2-1-3-8-13/h1-3,7-8,15H,4-6,9-12H2. The summed E-state index contributed by atoms with van der Waals surface area (Å²) in [5.74, 6) is 0. The molecule has 2 rings (SSSR count). The van der Waals surface area contributed by atoms with Gasteiger partial charge in [0.25, 0.3) is 0 Å². The maximum Gasteiger partial charge on any atom is 0.0932 e. The van der Waals surface area contributed by atoms with Crippen molar-refractivity contribution in [3.8, 4) is 0 Å². The number of hydrogen-bond acceptors (Lipinski definition) is 2. The van der Waals surface area contributed by atoms with Crippen LogP contribution >= 0.6 is 0 Å². The Labute approximate surface area is 97.3 Å². The van der Waals surface area contributed by atoms with Crippen LogP contribution in [-0.4, -0.2) is 18.3 Å². The van der Waals surface area contributed by atoms with Crippen LogP contribution in [0.3, 0.4) is 0 Å². The summed E-state index contributed by atoms with van der Waals surface area (Å²) in [6.07, 6.45) is 5.20. The molecular weight excluding hydrogens is 200 g/mol. The second-order valence-corrected chi connectivity index (χ2v) is 4.49. The highest BCUT2D eigenvalue weighted by Gasteiger charge is 2.34. The summed E-state index contributed by atoms with van der Waals surface area (Å²) in [7, 11) is 0. The van der Waals surface area contributed by atoms with Crippen molar-refractivity contribution < 1.29 is 9.84 Å². The maximum atomic E-state index is 9.00. The highest BCUT2D eigenvalue weighted by molar-refractivity contribution is 5.23. The maximum absolute atomic E-state index is 9.00. The number of hydrogen-bond donors (Lipinski definition) is 1. The van der Waals surface area contributed by atoms with Crippen molar-refractivity contribution in [3.63, 3.8) is 0 Å². The van der Waals surface area contributed by atoms with Crippen LogP contribution in [0.4, 0.5) is 0 Å². The topological polar surface area (TPSA) is 29.5 Å². The highest BCUT2D eigenvalue weighted by Crippen LogP contribution is 2.38. The van der Waals surface area contributed by atoms with Gasteiger partial charge in [-0.1, -0.05) is 30.3 Å². The third-order valence-electron chi connectivity index (χ3n) is 3.39. The van der Waals surface area contributed by atoms with E-state index in [0.29, 0.717) is 0 Å². The Morgan fingerprint density at radius 3 is 2.62 bits per heavy atom. The van der Waals surface area contributed by atoms with E-state index in [4.69, 9.17) is 9.84 Å². The Balaban J connectivity index is 2.19. The molecule has 0 saturated carbocycles. The zero-order valence-corrected chi connectivity index (χ0v) is 9.69. The van der Waals surface area contributed by atoms with Crippen LogP contribution in [0.1, 0.15) is 37.7 Å². The minimum Gasteiger partial charge on any atom is -0.396 e. The number of aliphatic hydroxyl groups is 1. The fourth-order valence-electron chi connectivity index (χ4n) is 2.53. The fraction of sp³-hybridized carbons (Fsp3) is 0.571. The van der Waals surface area contributed by atoms with Crippen LogP contribution in [0.15, 0.2) is 30.3 Å². The Hall–Kier alpha value is -0.860. The third-order valence-corrected chi connectivity index (χ3v) is 3.39. The van der Waals surface area contributed by atoms with Gasteiger partial charge >= 0.3 is 0 Å². The molecule has 1 atom stereocenters. The van der Waals surface area contributed by atoms with E-state index >= 15 is 0 Å². The van der Waals surface area contributed by atoms with E-state index in [1.54, 1.807) is 0 Å². The van der Waals surface area contributed by atoms with E-state index in [0.717, 1.165) is 32.3 Å². The summed E-state index contributed by atoms with van der Waals surface area (Å²) in [5, 5.41) is 9.00. The average Bonchev–Trinajstić information content (AvgIpc) is 2.38. The van der Waals surface area contributed by atoms with Gasteiger partial charge in [0.1, 0.15) is 0 Å². The lowest BCUT2D eigenvalue weighted by Gasteiger charge is -2.38. The third kappa shape index (κ3) is 2.45. The minimum atomic E-state index is -0.137. The van der Waals surface area contributed by atoms with Gasteiger partial charge in [-0.25, -0.2) is 0 Å². The van der Waals surface area contributed by atoms with Crippen molar-refractivity contribution in [2.45, 2.75) is 37.7 Å². The van der Waals surface area contributed by atoms with Gasteiger partial charge in [0.15, 0.2) is 0 Å². The van der Waals surface area contributed by atoms with Gasteiger partial charge in [0.05, 0.1) is 5.60 Å². The molecule has 1 aliphatic heterocycles. The van der Waals surface area contributed by atoms with Crippen LogP contribution in [0, 0.1) is 0 Å². The first kappa shape index (κ1) is 11.6. The molecular formula is C14H20O2. The summed E-state index contributed by atoms with van der Waals surface area (Å²) >= 11 is 0. The molecule has 1 aromatic carbocycles. The molecule has 2 heteroatoms. The lowest BCUT2D eigenvalue weighted by atomic mass is 9.83. The Morgan fingerprint density at radius 1 is 1.19 bits per heavy atom. The molecule has 1 aliphatic rings. The van der Waals surface area contributed by atoms with Gasteiger partial charge in [-0.15, -0.1) is 0 Å². The summed E-state index contributed by atoms with van der Waals surface area (Å²) in [5.41, 5.74) is 1.13. The molecule has 1 unspecified atom stereocenters. The van der Waals surface area contributed by atoms with Gasteiger partial charge in [-0.3, -0.25) is 0 Å². The molecule has 1 heterocycles. The second-order valence-electron chi connectivity index (χ2n) is 4.49. The first-order chi connectivity index (χ1) is 7.87. The van der Waals surface area contributed by atoms with E-state index < -0.39 is 0 Å². The molecule has 1 aromatic rings. The molecule has 88 valence electrons. The van der Waals surface area contributed by atoms with Gasteiger partial charge in [0.2, 0.25) is 0 Å². The molecule has 0 aliphatic carbocycles. The lowest BCUT2D eigenvalue weighted by Crippen LogP contribution is -2.33. The first-order valence-electron chi connectivity index (χ1n) is 6.18. The van der Waals surface area contributed by atoms with E-state index in [2.05, 4.69) is 24.3 Å². The van der Waals surface area contributed by atoms with Crippen molar-refractivity contribution in [3.05, 3.63) is 35.9 Å². The molecule has 16 heavy (non-hydrogen) atoms. The van der Waals surface area contributed by atoms with E-state index in [1.807, 2.05) is 6.07 Å². The van der Waals surface area contributed by atoms with Crippen molar-refractivity contribution in [1.29, 1.82) is 0 Å². The zero-order valence-electron chi connectivity index (χ0n) is 9.69. The molecule has 1 N–H and O–H groups in total. The Morgan fingerprint density at radius 2 is 2.00 bits per heavy atom. The molecule has 1 fully saturated rings. The second kappa shape index (κ2) is 5.46. The number of benzene rings is 1. The predicted octanol–water partition coefficient (Wildman–Crippen LogP) is 2.85. The van der Waals surface area contributed by atoms with Crippen molar-refractivity contribution in [2.75, 3.05) is 13.2 Å². The first-order valence-corrected chi connectivity index (χ1v) is 6.18. The van der Waals surface area contributed by atoms with Crippen LogP contribution in [0.25, 0.3) is 0 Å². The van der Waals surface area contributed by atoms with Crippen LogP contribution in [0.5, 0.6) is 0 Å². The molecule has 1 saturated heterocycles. The molecule has 0 amide bonds. The lowest BCUT2D eigenvalue weighted by molar-refractivity contribution is -0.0921. The van der Waals surface area contributed by atoms with Crippen molar-refractivity contribution in [2.24, 2.45) is 0 Å². The molecule has 2 nitrogen and oxygen atoms in total. The van der Waals surface area contributed by atoms with Crippen LogP contribution in [0.2, 0.25) is 0 Å². The van der Waals surface area contributed by atoms with Crippen molar-refractivity contribution in [1.82, 2.24) is 0 Å². The zero-order chi connectivity index (χ0) is 11.3. The Kier molecular flexibility index (Phi) is 3.97. The predicted molar refractivity (Wildman–Crippen MR) is 64.2 cm³/mol. The summed E-state index contributed by atoms with van der Waals surface area (Å²) < 4.78 is 6.04. The SMILES string of the molecule is OCCCC1(c2ccccc2)CCCCO1. The van der Waals surface area contributed by atoms with Crippen LogP contribution < -0.4 is 0 Å². The van der Waals surface area contributed by atoms with Gasteiger partial charge in [0, 0.05) is 13.2 Å². The highest BCUT2D eigenvalue weighted by atomic mass is 16.5. The molecule has 0 bridgehead atoms. The monoisotopic (exact) mass is 220 g/mol. The van der Waals surface area contributed by atoms with Gasteiger partial charge in [-0.2, -0.15) is 0 Å². The smallest absolute Gasteiger partial charge is 0.0932 e. The van der Waals surface area contributed by atoms with E-state index in [-0.39, 0.29) is 12.2 Å². The number of aliphatic hydroxyl groups excluding tert-OH is 1. The average molecular weight is 220 g/mol. The molecule has 0 radical (unpaired) electrons.